The Morgan fingerprint density at radius 3 is 2.65 bits per heavy atom. The number of carbonyl (C=O) groups excluding carboxylic acids is 2. The average Bonchev–Trinajstić information content (AvgIpc) is 3.14. The van der Waals surface area contributed by atoms with Crippen molar-refractivity contribution in [3.05, 3.63) is 76.4 Å². The Bertz CT molecular complexity index is 1170. The summed E-state index contributed by atoms with van der Waals surface area (Å²) in [7, 11) is 3.85. The SMILES string of the molecule is C=C1/C=C\C=C2/C/C(=C\c3nc(-c4ccccc4C)sc31)C(=O)N(CCN(C)C)C2=O. The van der Waals surface area contributed by atoms with Crippen molar-refractivity contribution in [1.29, 1.82) is 0 Å². The van der Waals surface area contributed by atoms with Gasteiger partial charge in [0.15, 0.2) is 0 Å². The highest BCUT2D eigenvalue weighted by molar-refractivity contribution is 7.16. The first-order valence-corrected chi connectivity index (χ1v) is 11.0. The number of fused-ring (bicyclic) bond motifs is 3. The van der Waals surface area contributed by atoms with E-state index in [2.05, 4.69) is 25.6 Å². The van der Waals surface area contributed by atoms with Crippen LogP contribution in [0.1, 0.15) is 22.6 Å². The monoisotopic (exact) mass is 431 g/mol. The molecule has 2 amide bonds. The number of likely N-dealkylation sites (tertiary alicyclic amines) is 1. The second-order valence-electron chi connectivity index (χ2n) is 8.04. The molecule has 0 spiro atoms. The van der Waals surface area contributed by atoms with Crippen molar-refractivity contribution in [2.75, 3.05) is 27.2 Å². The molecule has 0 atom stereocenters. The summed E-state index contributed by atoms with van der Waals surface area (Å²) in [4.78, 5) is 35.2. The average molecular weight is 432 g/mol. The molecule has 1 fully saturated rings. The van der Waals surface area contributed by atoms with Gasteiger partial charge in [0, 0.05) is 36.2 Å². The van der Waals surface area contributed by atoms with Crippen LogP contribution < -0.4 is 0 Å². The van der Waals surface area contributed by atoms with Gasteiger partial charge in [0.05, 0.1) is 10.6 Å². The Hall–Kier alpha value is -3.09. The number of imide groups is 1. The summed E-state index contributed by atoms with van der Waals surface area (Å²) in [5.41, 5.74) is 4.93. The molecule has 1 aromatic heterocycles. The van der Waals surface area contributed by atoms with Gasteiger partial charge in [-0.1, -0.05) is 49.1 Å². The smallest absolute Gasteiger partial charge is 0.257 e. The molecule has 2 heterocycles. The van der Waals surface area contributed by atoms with Gasteiger partial charge in [-0.2, -0.15) is 0 Å². The zero-order chi connectivity index (χ0) is 22.1. The molecule has 5 nitrogen and oxygen atoms in total. The number of likely N-dealkylation sites (N-methyl/N-ethyl adjacent to an activating group) is 1. The fourth-order valence-corrected chi connectivity index (χ4v) is 4.74. The van der Waals surface area contributed by atoms with Gasteiger partial charge in [-0.3, -0.25) is 14.5 Å². The highest BCUT2D eigenvalue weighted by atomic mass is 32.1. The van der Waals surface area contributed by atoms with E-state index in [0.29, 0.717) is 30.7 Å². The number of aromatic nitrogens is 1. The van der Waals surface area contributed by atoms with Crippen molar-refractivity contribution < 1.29 is 9.59 Å². The minimum Gasteiger partial charge on any atom is -0.308 e. The van der Waals surface area contributed by atoms with Crippen molar-refractivity contribution >= 4 is 34.8 Å². The number of aryl methyl sites for hydroxylation is 1. The minimum absolute atomic E-state index is 0.223. The van der Waals surface area contributed by atoms with Crippen molar-refractivity contribution in [3.63, 3.8) is 0 Å². The van der Waals surface area contributed by atoms with Gasteiger partial charge in [-0.25, -0.2) is 4.98 Å². The molecule has 2 bridgehead atoms. The molecule has 2 aromatic rings. The van der Waals surface area contributed by atoms with E-state index < -0.39 is 0 Å². The molecule has 158 valence electrons. The molecule has 0 radical (unpaired) electrons. The van der Waals surface area contributed by atoms with Crippen molar-refractivity contribution in [2.45, 2.75) is 13.3 Å². The van der Waals surface area contributed by atoms with Crippen LogP contribution in [0, 0.1) is 6.92 Å². The third-order valence-corrected chi connectivity index (χ3v) is 6.60. The van der Waals surface area contributed by atoms with E-state index in [1.807, 2.05) is 49.4 Å². The lowest BCUT2D eigenvalue weighted by Crippen LogP contribution is -2.45. The van der Waals surface area contributed by atoms with Crippen LogP contribution in [0.5, 0.6) is 0 Å². The van der Waals surface area contributed by atoms with Crippen LogP contribution >= 0.6 is 11.3 Å². The largest absolute Gasteiger partial charge is 0.308 e. The maximum Gasteiger partial charge on any atom is 0.257 e. The molecule has 0 N–H and O–H groups in total. The summed E-state index contributed by atoms with van der Waals surface area (Å²) >= 11 is 1.57. The van der Waals surface area contributed by atoms with E-state index in [-0.39, 0.29) is 11.8 Å². The van der Waals surface area contributed by atoms with Crippen molar-refractivity contribution in [2.24, 2.45) is 0 Å². The van der Waals surface area contributed by atoms with E-state index in [1.165, 1.54) is 4.90 Å². The minimum atomic E-state index is -0.240. The molecule has 1 aliphatic heterocycles. The number of allylic oxidation sites excluding steroid dienone is 4. The van der Waals surface area contributed by atoms with Gasteiger partial charge in [-0.15, -0.1) is 11.3 Å². The number of thiazole rings is 1. The Balaban J connectivity index is 1.81. The molecule has 2 aliphatic rings. The molecule has 0 saturated carbocycles. The summed E-state index contributed by atoms with van der Waals surface area (Å²) in [6.45, 7) is 7.23. The van der Waals surface area contributed by atoms with Gasteiger partial charge >= 0.3 is 0 Å². The first-order chi connectivity index (χ1) is 14.8. The second-order valence-corrected chi connectivity index (χ2v) is 9.04. The van der Waals surface area contributed by atoms with Crippen LogP contribution in [0.4, 0.5) is 0 Å². The molecule has 31 heavy (non-hydrogen) atoms. The number of carbonyl (C=O) groups is 2. The maximum atomic E-state index is 13.2. The maximum absolute atomic E-state index is 13.2. The fraction of sp³-hybridized carbons (Fsp3) is 0.240. The van der Waals surface area contributed by atoms with Crippen LogP contribution in [0.3, 0.4) is 0 Å². The first kappa shape index (κ1) is 21.2. The highest BCUT2D eigenvalue weighted by Gasteiger charge is 2.34. The third kappa shape index (κ3) is 4.22. The van der Waals surface area contributed by atoms with E-state index in [0.717, 1.165) is 32.3 Å². The van der Waals surface area contributed by atoms with Crippen molar-refractivity contribution in [1.82, 2.24) is 14.8 Å². The van der Waals surface area contributed by atoms with Crippen LogP contribution in [-0.2, 0) is 9.59 Å². The molecule has 4 rings (SSSR count). The van der Waals surface area contributed by atoms with Crippen LogP contribution in [-0.4, -0.2) is 53.8 Å². The Morgan fingerprint density at radius 1 is 1.16 bits per heavy atom. The zero-order valence-corrected chi connectivity index (χ0v) is 18.8. The van der Waals surface area contributed by atoms with Gasteiger partial charge in [-0.05, 0) is 38.2 Å². The summed E-state index contributed by atoms with van der Waals surface area (Å²) in [5, 5.41) is 0.894. The highest BCUT2D eigenvalue weighted by Crippen LogP contribution is 2.37. The Kier molecular flexibility index (Phi) is 5.85. The fourth-order valence-electron chi connectivity index (χ4n) is 3.65. The van der Waals surface area contributed by atoms with Gasteiger partial charge < -0.3 is 4.90 Å². The zero-order valence-electron chi connectivity index (χ0n) is 18.0. The lowest BCUT2D eigenvalue weighted by Gasteiger charge is -2.29. The summed E-state index contributed by atoms with van der Waals surface area (Å²) < 4.78 is 0. The predicted octanol–water partition coefficient (Wildman–Crippen LogP) is 4.33. The van der Waals surface area contributed by atoms with Gasteiger partial charge in [0.25, 0.3) is 11.8 Å². The molecular weight excluding hydrogens is 406 g/mol. The van der Waals surface area contributed by atoms with E-state index in [4.69, 9.17) is 4.98 Å². The molecule has 1 aromatic carbocycles. The lowest BCUT2D eigenvalue weighted by molar-refractivity contribution is -0.141. The number of hydrogen-bond acceptors (Lipinski definition) is 5. The number of nitrogens with zero attached hydrogens (tertiary/aromatic N) is 3. The van der Waals surface area contributed by atoms with E-state index in [9.17, 15) is 9.59 Å². The van der Waals surface area contributed by atoms with Crippen molar-refractivity contribution in [3.8, 4) is 10.6 Å². The second kappa shape index (κ2) is 8.57. The quantitative estimate of drug-likeness (QED) is 0.676. The number of benzene rings is 1. The normalized spacial score (nSPS) is 20.8. The summed E-state index contributed by atoms with van der Waals surface area (Å²) in [6, 6.07) is 8.12. The number of amides is 2. The van der Waals surface area contributed by atoms with Crippen LogP contribution in [0.25, 0.3) is 22.2 Å². The van der Waals surface area contributed by atoms with E-state index in [1.54, 1.807) is 17.4 Å². The number of rotatable bonds is 4. The molecule has 0 unspecified atom stereocenters. The Morgan fingerprint density at radius 2 is 1.90 bits per heavy atom. The van der Waals surface area contributed by atoms with Crippen LogP contribution in [0.2, 0.25) is 0 Å². The predicted molar refractivity (Wildman–Crippen MR) is 126 cm³/mol. The number of hydrogen-bond donors (Lipinski definition) is 0. The molecular formula is C25H25N3O2S. The number of piperidine rings is 1. The molecule has 1 saturated heterocycles. The summed E-state index contributed by atoms with van der Waals surface area (Å²) in [6.07, 6.45) is 7.69. The van der Waals surface area contributed by atoms with Gasteiger partial charge in [0.1, 0.15) is 5.01 Å². The Labute approximate surface area is 186 Å². The third-order valence-electron chi connectivity index (χ3n) is 5.42. The van der Waals surface area contributed by atoms with Gasteiger partial charge in [0.2, 0.25) is 0 Å². The van der Waals surface area contributed by atoms with E-state index >= 15 is 0 Å². The lowest BCUT2D eigenvalue weighted by atomic mass is 9.95. The summed E-state index contributed by atoms with van der Waals surface area (Å²) in [5.74, 6) is -0.463. The van der Waals surface area contributed by atoms with Crippen LogP contribution in [0.15, 0.2) is 60.2 Å². The molecule has 6 heteroatoms. The topological polar surface area (TPSA) is 53.5 Å². The first-order valence-electron chi connectivity index (χ1n) is 10.2. The molecule has 1 aliphatic carbocycles. The standard InChI is InChI=1S/C25H25N3O2S/c1-16-8-5-6-11-20(16)23-26-21-15-19-14-18(10-7-9-17(2)22(21)31-23)24(29)28(25(19)30)13-12-27(3)4/h5-11,15H,2,12-14H2,1,3-4H3/b9-7-,18-10+,19-15+.